The van der Waals surface area contributed by atoms with Crippen LogP contribution in [0.4, 0.5) is 13.2 Å². The molecule has 2 rings (SSSR count). The van der Waals surface area contributed by atoms with E-state index in [-0.39, 0.29) is 24.7 Å². The van der Waals surface area contributed by atoms with Gasteiger partial charge in [-0.3, -0.25) is 9.53 Å². The molecule has 0 spiro atoms. The molecule has 98 valence electrons. The summed E-state index contributed by atoms with van der Waals surface area (Å²) in [5.41, 5.74) is 0. The molecule has 1 amide bonds. The van der Waals surface area contributed by atoms with Crippen LogP contribution in [0.3, 0.4) is 0 Å². The molecule has 0 atom stereocenters. The second-order valence-electron chi connectivity index (χ2n) is 4.29. The number of amides is 1. The number of halogens is 3. The monoisotopic (exact) mass is 253 g/mol. The lowest BCUT2D eigenvalue weighted by molar-refractivity contribution is -0.353. The van der Waals surface area contributed by atoms with Crippen LogP contribution < -0.4 is 0 Å². The molecule has 17 heavy (non-hydrogen) atoms. The first-order valence-corrected chi connectivity index (χ1v) is 5.57. The molecule has 0 aromatic carbocycles. The molecule has 2 aliphatic rings. The maximum absolute atomic E-state index is 11.9. The van der Waals surface area contributed by atoms with Crippen LogP contribution in [-0.2, 0) is 14.3 Å². The molecule has 1 saturated heterocycles. The molecule has 1 saturated carbocycles. The topological polar surface area (TPSA) is 38.8 Å². The summed E-state index contributed by atoms with van der Waals surface area (Å²) in [6.45, 7) is 2.06. The third-order valence-electron chi connectivity index (χ3n) is 3.07. The Labute approximate surface area is 96.7 Å². The molecule has 7 heteroatoms. The maximum atomic E-state index is 11.9. The van der Waals surface area contributed by atoms with Crippen LogP contribution in [0.2, 0.25) is 0 Å². The first-order valence-electron chi connectivity index (χ1n) is 5.57. The molecule has 1 aliphatic carbocycles. The minimum atomic E-state index is -4.60. The van der Waals surface area contributed by atoms with Crippen LogP contribution in [0.5, 0.6) is 0 Å². The first-order chi connectivity index (χ1) is 7.96. The number of morpholine rings is 1. The van der Waals surface area contributed by atoms with E-state index in [2.05, 4.69) is 4.74 Å². The molecule has 2 fully saturated rings. The summed E-state index contributed by atoms with van der Waals surface area (Å²) in [7, 11) is 0. The van der Waals surface area contributed by atoms with Crippen LogP contribution in [0.1, 0.15) is 12.8 Å². The fourth-order valence-electron chi connectivity index (χ4n) is 2.09. The summed E-state index contributed by atoms with van der Waals surface area (Å²) < 4.78 is 44.6. The van der Waals surface area contributed by atoms with Gasteiger partial charge in [0.15, 0.2) is 0 Å². The Bertz CT molecular complexity index is 283. The van der Waals surface area contributed by atoms with Crippen molar-refractivity contribution in [3.05, 3.63) is 0 Å². The largest absolute Gasteiger partial charge is 0.522 e. The Morgan fingerprint density at radius 1 is 1.24 bits per heavy atom. The van der Waals surface area contributed by atoms with Crippen LogP contribution in [-0.4, -0.2) is 49.6 Å². The Balaban J connectivity index is 1.73. The highest BCUT2D eigenvalue weighted by Gasteiger charge is 2.43. The first kappa shape index (κ1) is 12.6. The smallest absolute Gasteiger partial charge is 0.378 e. The summed E-state index contributed by atoms with van der Waals surface area (Å²) in [5, 5.41) is 0. The van der Waals surface area contributed by atoms with Crippen molar-refractivity contribution in [3.63, 3.8) is 0 Å². The van der Waals surface area contributed by atoms with Gasteiger partial charge < -0.3 is 9.64 Å². The van der Waals surface area contributed by atoms with E-state index in [1.54, 1.807) is 4.90 Å². The van der Waals surface area contributed by atoms with E-state index >= 15 is 0 Å². The van der Waals surface area contributed by atoms with E-state index in [4.69, 9.17) is 4.74 Å². The summed E-state index contributed by atoms with van der Waals surface area (Å²) >= 11 is 0. The van der Waals surface area contributed by atoms with Gasteiger partial charge in [-0.15, -0.1) is 13.2 Å². The van der Waals surface area contributed by atoms with Crippen LogP contribution >= 0.6 is 0 Å². The molecule has 4 nitrogen and oxygen atoms in total. The van der Waals surface area contributed by atoms with Gasteiger partial charge in [-0.25, -0.2) is 0 Å². The fourth-order valence-corrected chi connectivity index (χ4v) is 2.09. The predicted octanol–water partition coefficient (Wildman–Crippen LogP) is 1.16. The highest BCUT2D eigenvalue weighted by molar-refractivity contribution is 5.80. The number of nitrogens with zero attached hydrogens (tertiary/aromatic N) is 1. The lowest BCUT2D eigenvalue weighted by atomic mass is 9.81. The molecule has 0 bridgehead atoms. The molecule has 0 N–H and O–H groups in total. The van der Waals surface area contributed by atoms with Crippen LogP contribution in [0, 0.1) is 5.92 Å². The molecule has 0 radical (unpaired) electrons. The summed E-state index contributed by atoms with van der Waals surface area (Å²) in [4.78, 5) is 13.5. The predicted molar refractivity (Wildman–Crippen MR) is 51.1 cm³/mol. The summed E-state index contributed by atoms with van der Waals surface area (Å²) in [6, 6.07) is 0. The van der Waals surface area contributed by atoms with E-state index < -0.39 is 12.5 Å². The number of carbonyl (C=O) groups excluding carboxylic acids is 1. The van der Waals surface area contributed by atoms with Crippen molar-refractivity contribution in [3.8, 4) is 0 Å². The van der Waals surface area contributed by atoms with Gasteiger partial charge in [0.2, 0.25) is 5.91 Å². The molecular formula is C10H14F3NO3. The van der Waals surface area contributed by atoms with Crippen molar-refractivity contribution in [2.45, 2.75) is 25.3 Å². The minimum Gasteiger partial charge on any atom is -0.378 e. The van der Waals surface area contributed by atoms with Crippen molar-refractivity contribution in [2.75, 3.05) is 26.3 Å². The van der Waals surface area contributed by atoms with E-state index in [0.29, 0.717) is 26.3 Å². The van der Waals surface area contributed by atoms with E-state index in [1.807, 2.05) is 0 Å². The quantitative estimate of drug-likeness (QED) is 0.741. The van der Waals surface area contributed by atoms with E-state index in [0.717, 1.165) is 0 Å². The Morgan fingerprint density at radius 3 is 2.35 bits per heavy atom. The lowest BCUT2D eigenvalue weighted by Crippen LogP contribution is -2.49. The van der Waals surface area contributed by atoms with Gasteiger partial charge in [-0.2, -0.15) is 0 Å². The van der Waals surface area contributed by atoms with Gasteiger partial charge in [-0.05, 0) is 12.8 Å². The van der Waals surface area contributed by atoms with Crippen molar-refractivity contribution in [1.29, 1.82) is 0 Å². The Kier molecular flexibility index (Phi) is 3.58. The molecule has 0 unspecified atom stereocenters. The second kappa shape index (κ2) is 4.81. The molecular weight excluding hydrogens is 239 g/mol. The van der Waals surface area contributed by atoms with Crippen molar-refractivity contribution < 1.29 is 27.4 Å². The van der Waals surface area contributed by atoms with Gasteiger partial charge in [0.05, 0.1) is 19.3 Å². The molecule has 0 aromatic heterocycles. The standard InChI is InChI=1S/C10H14F3NO3/c11-10(12,13)17-8-5-7(6-8)9(15)14-1-3-16-4-2-14/h7-8H,1-6H2/t7-,8+. The van der Waals surface area contributed by atoms with Gasteiger partial charge >= 0.3 is 6.36 Å². The lowest BCUT2D eigenvalue weighted by Gasteiger charge is -2.38. The number of rotatable bonds is 2. The zero-order valence-electron chi connectivity index (χ0n) is 9.20. The van der Waals surface area contributed by atoms with Gasteiger partial charge in [0, 0.05) is 19.0 Å². The van der Waals surface area contributed by atoms with Crippen LogP contribution in [0.25, 0.3) is 0 Å². The van der Waals surface area contributed by atoms with Crippen LogP contribution in [0.15, 0.2) is 0 Å². The van der Waals surface area contributed by atoms with Gasteiger partial charge in [0.1, 0.15) is 0 Å². The number of carbonyl (C=O) groups is 1. The fraction of sp³-hybridized carbons (Fsp3) is 0.900. The third-order valence-corrected chi connectivity index (χ3v) is 3.07. The molecule has 1 aliphatic heterocycles. The second-order valence-corrected chi connectivity index (χ2v) is 4.29. The zero-order valence-corrected chi connectivity index (χ0v) is 9.20. The van der Waals surface area contributed by atoms with E-state index in [9.17, 15) is 18.0 Å². The molecule has 0 aromatic rings. The van der Waals surface area contributed by atoms with Gasteiger partial charge in [-0.1, -0.05) is 0 Å². The highest BCUT2D eigenvalue weighted by Crippen LogP contribution is 2.35. The highest BCUT2D eigenvalue weighted by atomic mass is 19.4. The summed E-state index contributed by atoms with van der Waals surface area (Å²) in [6.07, 6.45) is -5.13. The third kappa shape index (κ3) is 3.32. The maximum Gasteiger partial charge on any atom is 0.522 e. The Morgan fingerprint density at radius 2 is 1.82 bits per heavy atom. The van der Waals surface area contributed by atoms with Crippen molar-refractivity contribution in [2.24, 2.45) is 5.92 Å². The summed E-state index contributed by atoms with van der Waals surface area (Å²) in [5.74, 6) is -0.393. The average molecular weight is 253 g/mol. The number of ether oxygens (including phenoxy) is 2. The number of alkyl halides is 3. The van der Waals surface area contributed by atoms with Gasteiger partial charge in [0.25, 0.3) is 0 Å². The number of hydrogen-bond acceptors (Lipinski definition) is 3. The molecule has 1 heterocycles. The minimum absolute atomic E-state index is 0.0738. The zero-order chi connectivity index (χ0) is 12.5. The van der Waals surface area contributed by atoms with E-state index in [1.165, 1.54) is 0 Å². The average Bonchev–Trinajstić information content (AvgIpc) is 2.22. The number of hydrogen-bond donors (Lipinski definition) is 0. The van der Waals surface area contributed by atoms with Crippen molar-refractivity contribution >= 4 is 5.91 Å². The SMILES string of the molecule is O=C([C@H]1C[C@@H](OC(F)(F)F)C1)N1CCOCC1. The Hall–Kier alpha value is -0.820. The van der Waals surface area contributed by atoms with Crippen molar-refractivity contribution in [1.82, 2.24) is 4.90 Å². The normalized spacial score (nSPS) is 29.9.